The number of methoxy groups -OCH3 is 1. The van der Waals surface area contributed by atoms with E-state index in [9.17, 15) is 14.4 Å². The van der Waals surface area contributed by atoms with Crippen LogP contribution < -0.4 is 10.9 Å². The number of esters is 1. The van der Waals surface area contributed by atoms with E-state index in [1.807, 2.05) is 13.0 Å². The van der Waals surface area contributed by atoms with Crippen molar-refractivity contribution in [1.82, 2.24) is 14.9 Å². The van der Waals surface area contributed by atoms with Gasteiger partial charge in [-0.25, -0.2) is 4.98 Å². The molecule has 0 radical (unpaired) electrons. The molecule has 1 aromatic carbocycles. The Balaban J connectivity index is 1.82. The highest BCUT2D eigenvalue weighted by Gasteiger charge is 2.23. The number of hydrogen-bond donors (Lipinski definition) is 1. The molecule has 1 atom stereocenters. The zero-order chi connectivity index (χ0) is 20.8. The van der Waals surface area contributed by atoms with Gasteiger partial charge in [-0.05, 0) is 31.9 Å². The van der Waals surface area contributed by atoms with Crippen LogP contribution in [0.2, 0.25) is 0 Å². The van der Waals surface area contributed by atoms with Crippen LogP contribution in [0.15, 0.2) is 34.2 Å². The van der Waals surface area contributed by atoms with Gasteiger partial charge in [-0.3, -0.25) is 19.0 Å². The van der Waals surface area contributed by atoms with Crippen LogP contribution in [0.25, 0.3) is 10.9 Å². The molecule has 2 aromatic rings. The van der Waals surface area contributed by atoms with Gasteiger partial charge in [0.25, 0.3) is 5.56 Å². The Kier molecular flexibility index (Phi) is 7.30. The number of carbonyl (C=O) groups excluding carboxylic acids is 2. The highest BCUT2D eigenvalue weighted by Crippen LogP contribution is 2.24. The summed E-state index contributed by atoms with van der Waals surface area (Å²) in [6, 6.07) is 7.32. The van der Waals surface area contributed by atoms with Crippen LogP contribution in [0.4, 0.5) is 0 Å². The first kappa shape index (κ1) is 21.4. The predicted molar refractivity (Wildman–Crippen MR) is 113 cm³/mol. The van der Waals surface area contributed by atoms with E-state index < -0.39 is 11.2 Å². The second-order valence-corrected chi connectivity index (χ2v) is 8.61. The van der Waals surface area contributed by atoms with Gasteiger partial charge in [0.2, 0.25) is 5.91 Å². The van der Waals surface area contributed by atoms with Gasteiger partial charge in [-0.2, -0.15) is 0 Å². The van der Waals surface area contributed by atoms with E-state index in [0.717, 1.165) is 25.7 Å². The summed E-state index contributed by atoms with van der Waals surface area (Å²) in [5.74, 6) is -0.451. The summed E-state index contributed by atoms with van der Waals surface area (Å²) >= 11 is 1.24. The van der Waals surface area contributed by atoms with Crippen molar-refractivity contribution in [3.8, 4) is 0 Å². The lowest BCUT2D eigenvalue weighted by Crippen LogP contribution is -2.40. The average Bonchev–Trinajstić information content (AvgIpc) is 2.74. The number of amides is 1. The molecule has 29 heavy (non-hydrogen) atoms. The molecule has 8 heteroatoms. The summed E-state index contributed by atoms with van der Waals surface area (Å²) < 4.78 is 6.16. The van der Waals surface area contributed by atoms with E-state index in [-0.39, 0.29) is 30.5 Å². The number of ether oxygens (including phenoxy) is 1. The van der Waals surface area contributed by atoms with Crippen molar-refractivity contribution >= 4 is 34.5 Å². The fourth-order valence-electron chi connectivity index (χ4n) is 3.52. The molecule has 1 saturated carbocycles. The van der Waals surface area contributed by atoms with E-state index in [1.165, 1.54) is 29.9 Å². The van der Waals surface area contributed by atoms with Crippen LogP contribution >= 0.6 is 11.8 Å². The van der Waals surface area contributed by atoms with Crippen LogP contribution in [0.5, 0.6) is 0 Å². The maximum absolute atomic E-state index is 13.0. The first-order chi connectivity index (χ1) is 14.0. The van der Waals surface area contributed by atoms with Crippen molar-refractivity contribution in [2.24, 2.45) is 0 Å². The number of nitrogens with one attached hydrogen (secondary N) is 1. The molecule has 1 aliphatic rings. The van der Waals surface area contributed by atoms with Crippen molar-refractivity contribution < 1.29 is 14.3 Å². The minimum absolute atomic E-state index is 0.0520. The number of thioether (sulfide) groups is 1. The zero-order valence-electron chi connectivity index (χ0n) is 16.8. The molecule has 7 nitrogen and oxygen atoms in total. The Morgan fingerprint density at radius 2 is 2.00 bits per heavy atom. The van der Waals surface area contributed by atoms with Crippen LogP contribution in [0, 0.1) is 0 Å². The molecule has 1 amide bonds. The van der Waals surface area contributed by atoms with Gasteiger partial charge < -0.3 is 10.1 Å². The van der Waals surface area contributed by atoms with Crippen LogP contribution in [-0.4, -0.2) is 39.8 Å². The summed E-state index contributed by atoms with van der Waals surface area (Å²) in [5, 5.41) is 3.63. The van der Waals surface area contributed by atoms with E-state index in [1.54, 1.807) is 18.2 Å². The minimum Gasteiger partial charge on any atom is -0.469 e. The van der Waals surface area contributed by atoms with E-state index in [4.69, 9.17) is 4.74 Å². The highest BCUT2D eigenvalue weighted by atomic mass is 32.2. The smallest absolute Gasteiger partial charge is 0.307 e. The second-order valence-electron chi connectivity index (χ2n) is 7.30. The minimum atomic E-state index is -0.408. The van der Waals surface area contributed by atoms with Gasteiger partial charge >= 0.3 is 5.97 Å². The van der Waals surface area contributed by atoms with Gasteiger partial charge in [-0.1, -0.05) is 43.2 Å². The van der Waals surface area contributed by atoms with Crippen molar-refractivity contribution in [2.75, 3.05) is 7.11 Å². The number of carbonyl (C=O) groups is 2. The number of fused-ring (bicyclic) bond motifs is 1. The van der Waals surface area contributed by atoms with Crippen LogP contribution in [0.3, 0.4) is 0 Å². The molecular formula is C21H27N3O4S. The molecule has 0 aliphatic heterocycles. The molecule has 0 spiro atoms. The van der Waals surface area contributed by atoms with Gasteiger partial charge in [0.1, 0.15) is 0 Å². The van der Waals surface area contributed by atoms with Crippen molar-refractivity contribution in [2.45, 2.75) is 68.4 Å². The summed E-state index contributed by atoms with van der Waals surface area (Å²) in [6.45, 7) is 1.97. The van der Waals surface area contributed by atoms with Crippen LogP contribution in [-0.2, 0) is 20.9 Å². The van der Waals surface area contributed by atoms with Crippen molar-refractivity contribution in [3.63, 3.8) is 0 Å². The third-order valence-corrected chi connectivity index (χ3v) is 6.29. The normalized spacial score (nSPS) is 15.8. The molecule has 156 valence electrons. The van der Waals surface area contributed by atoms with Gasteiger partial charge in [0, 0.05) is 12.6 Å². The number of nitrogens with zero attached hydrogens (tertiary/aromatic N) is 2. The van der Waals surface area contributed by atoms with Crippen molar-refractivity contribution in [1.29, 1.82) is 0 Å². The van der Waals surface area contributed by atoms with E-state index in [2.05, 4.69) is 10.3 Å². The number of benzene rings is 1. The fourth-order valence-corrected chi connectivity index (χ4v) is 4.46. The maximum atomic E-state index is 13.0. The molecule has 1 aromatic heterocycles. The van der Waals surface area contributed by atoms with Crippen LogP contribution in [0.1, 0.15) is 45.4 Å². The second kappa shape index (κ2) is 9.91. The molecular weight excluding hydrogens is 390 g/mol. The molecule has 1 aliphatic carbocycles. The standard InChI is InChI=1S/C21H27N3O4S/c1-14(19(26)22-15-8-4-3-5-9-15)29-21-23-17-11-7-6-10-16(17)20(27)24(21)13-12-18(25)28-2/h6-7,10-11,14-15H,3-5,8-9,12-13H2,1-2H3,(H,22,26)/t14-/m1/s1. The summed E-state index contributed by atoms with van der Waals surface area (Å²) in [4.78, 5) is 41.8. The van der Waals surface area contributed by atoms with Gasteiger partial charge in [-0.15, -0.1) is 0 Å². The third kappa shape index (κ3) is 5.38. The average molecular weight is 418 g/mol. The maximum Gasteiger partial charge on any atom is 0.307 e. The Hall–Kier alpha value is -2.35. The lowest BCUT2D eigenvalue weighted by Gasteiger charge is -2.24. The first-order valence-corrected chi connectivity index (χ1v) is 10.9. The van der Waals surface area contributed by atoms with Gasteiger partial charge in [0.15, 0.2) is 5.16 Å². The molecule has 0 bridgehead atoms. The molecule has 1 N–H and O–H groups in total. The van der Waals surface area contributed by atoms with E-state index >= 15 is 0 Å². The Labute approximate surface area is 174 Å². The topological polar surface area (TPSA) is 90.3 Å². The van der Waals surface area contributed by atoms with Gasteiger partial charge in [0.05, 0.1) is 29.7 Å². The van der Waals surface area contributed by atoms with E-state index in [0.29, 0.717) is 16.1 Å². The summed E-state index contributed by atoms with van der Waals surface area (Å²) in [6.07, 6.45) is 5.61. The molecule has 1 fully saturated rings. The molecule has 3 rings (SSSR count). The van der Waals surface area contributed by atoms with Crippen molar-refractivity contribution in [3.05, 3.63) is 34.6 Å². The quantitative estimate of drug-likeness (QED) is 0.423. The monoisotopic (exact) mass is 417 g/mol. The Bertz CT molecular complexity index is 937. The number of para-hydroxylation sites is 1. The SMILES string of the molecule is COC(=O)CCn1c(S[C@H](C)C(=O)NC2CCCCC2)nc2ccccc2c1=O. The Morgan fingerprint density at radius 1 is 1.28 bits per heavy atom. The predicted octanol–water partition coefficient (Wildman–Crippen LogP) is 2.89. The molecule has 0 saturated heterocycles. The molecule has 0 unspecified atom stereocenters. The fraction of sp³-hybridized carbons (Fsp3) is 0.524. The largest absolute Gasteiger partial charge is 0.469 e. The number of aromatic nitrogens is 2. The lowest BCUT2D eigenvalue weighted by atomic mass is 9.95. The first-order valence-electron chi connectivity index (χ1n) is 10.0. The highest BCUT2D eigenvalue weighted by molar-refractivity contribution is 8.00. The number of rotatable bonds is 7. The lowest BCUT2D eigenvalue weighted by molar-refractivity contribution is -0.140. The molecule has 1 heterocycles. The number of hydrogen-bond acceptors (Lipinski definition) is 6. The Morgan fingerprint density at radius 3 is 2.72 bits per heavy atom. The summed E-state index contributed by atoms with van der Waals surface area (Å²) in [5.41, 5.74) is 0.357. The summed E-state index contributed by atoms with van der Waals surface area (Å²) in [7, 11) is 1.32. The third-order valence-electron chi connectivity index (χ3n) is 5.20. The zero-order valence-corrected chi connectivity index (χ0v) is 17.7.